The predicted molar refractivity (Wildman–Crippen MR) is 117 cm³/mol. The third-order valence-electron chi connectivity index (χ3n) is 7.75. The highest BCUT2D eigenvalue weighted by atomic mass is 19.1. The molecule has 31 heavy (non-hydrogen) atoms. The van der Waals surface area contributed by atoms with Crippen LogP contribution >= 0.6 is 0 Å². The third kappa shape index (κ3) is 3.95. The molecule has 2 aromatic rings. The molecule has 1 aliphatic carbocycles. The van der Waals surface area contributed by atoms with Gasteiger partial charge in [-0.2, -0.15) is 0 Å². The van der Waals surface area contributed by atoms with E-state index in [0.717, 1.165) is 63.7 Å². The summed E-state index contributed by atoms with van der Waals surface area (Å²) in [6.07, 6.45) is 6.99. The van der Waals surface area contributed by atoms with Crippen molar-refractivity contribution in [3.8, 4) is 0 Å². The lowest BCUT2D eigenvalue weighted by Gasteiger charge is -2.44. The van der Waals surface area contributed by atoms with E-state index in [1.54, 1.807) is 12.1 Å². The van der Waals surface area contributed by atoms with Crippen molar-refractivity contribution >= 4 is 22.7 Å². The molecule has 166 valence electrons. The molecule has 6 nitrogen and oxygen atoms in total. The summed E-state index contributed by atoms with van der Waals surface area (Å²) in [5.74, 6) is -0.273. The molecule has 2 aliphatic heterocycles. The highest BCUT2D eigenvalue weighted by molar-refractivity contribution is 5.99. The molecule has 3 fully saturated rings. The number of fused-ring (bicyclic) bond motifs is 1. The van der Waals surface area contributed by atoms with Crippen molar-refractivity contribution in [2.75, 3.05) is 19.6 Å². The number of carbonyl (C=O) groups is 2. The summed E-state index contributed by atoms with van der Waals surface area (Å²) >= 11 is 0. The summed E-state index contributed by atoms with van der Waals surface area (Å²) in [7, 11) is 0. The third-order valence-corrected chi connectivity index (χ3v) is 7.75. The number of hydrogen-bond donors (Lipinski definition) is 3. The number of aromatic amines is 1. The van der Waals surface area contributed by atoms with Crippen LogP contribution in [0.5, 0.6) is 0 Å². The number of benzene rings is 1. The number of piperidine rings is 1. The number of amides is 2. The number of carbonyl (C=O) groups excluding carboxylic acids is 2. The number of aryl methyl sites for hydroxylation is 1. The predicted octanol–water partition coefficient (Wildman–Crippen LogP) is 3.26. The van der Waals surface area contributed by atoms with Crippen LogP contribution in [0.25, 0.3) is 10.9 Å². The van der Waals surface area contributed by atoms with Gasteiger partial charge in [-0.1, -0.05) is 6.07 Å². The van der Waals surface area contributed by atoms with Gasteiger partial charge in [-0.15, -0.1) is 0 Å². The first-order chi connectivity index (χ1) is 14.9. The smallest absolute Gasteiger partial charge is 0.267 e. The molecule has 2 atom stereocenters. The van der Waals surface area contributed by atoms with E-state index in [2.05, 4.69) is 20.5 Å². The molecular formula is C24H31FN4O2. The summed E-state index contributed by atoms with van der Waals surface area (Å²) in [4.78, 5) is 30.2. The number of aromatic nitrogens is 1. The Bertz CT molecular complexity index is 969. The summed E-state index contributed by atoms with van der Waals surface area (Å²) in [6, 6.07) is 5.40. The first-order valence-electron chi connectivity index (χ1n) is 11.5. The molecule has 5 rings (SSSR count). The van der Waals surface area contributed by atoms with Gasteiger partial charge >= 0.3 is 0 Å². The van der Waals surface area contributed by atoms with E-state index in [1.165, 1.54) is 6.07 Å². The maximum Gasteiger partial charge on any atom is 0.267 e. The lowest BCUT2D eigenvalue weighted by molar-refractivity contribution is -0.119. The summed E-state index contributed by atoms with van der Waals surface area (Å²) in [6.45, 7) is 4.79. The molecule has 0 unspecified atom stereocenters. The van der Waals surface area contributed by atoms with Gasteiger partial charge in [-0.05, 0) is 81.6 Å². The van der Waals surface area contributed by atoms with Gasteiger partial charge in [0.1, 0.15) is 11.5 Å². The van der Waals surface area contributed by atoms with Crippen molar-refractivity contribution in [3.63, 3.8) is 0 Å². The Morgan fingerprint density at radius 1 is 1.26 bits per heavy atom. The molecule has 3 heterocycles. The summed E-state index contributed by atoms with van der Waals surface area (Å²) in [5.41, 5.74) is 2.20. The Morgan fingerprint density at radius 3 is 2.77 bits per heavy atom. The van der Waals surface area contributed by atoms with Gasteiger partial charge in [0.05, 0.1) is 5.52 Å². The quantitative estimate of drug-likeness (QED) is 0.705. The lowest BCUT2D eigenvalue weighted by atomic mass is 9.76. The van der Waals surface area contributed by atoms with Gasteiger partial charge in [0.2, 0.25) is 5.91 Å². The second-order valence-electron chi connectivity index (χ2n) is 9.82. The second kappa shape index (κ2) is 7.93. The van der Waals surface area contributed by atoms with Gasteiger partial charge in [-0.3, -0.25) is 9.59 Å². The normalized spacial score (nSPS) is 26.3. The molecule has 0 radical (unpaired) electrons. The molecule has 1 aromatic carbocycles. The van der Waals surface area contributed by atoms with Crippen LogP contribution in [0.2, 0.25) is 0 Å². The van der Waals surface area contributed by atoms with Crippen molar-refractivity contribution in [3.05, 3.63) is 35.3 Å². The van der Waals surface area contributed by atoms with Gasteiger partial charge in [-0.25, -0.2) is 4.39 Å². The van der Waals surface area contributed by atoms with Gasteiger partial charge in [0.15, 0.2) is 0 Å². The van der Waals surface area contributed by atoms with Crippen molar-refractivity contribution in [2.24, 2.45) is 5.41 Å². The number of nitrogens with zero attached hydrogens (tertiary/aromatic N) is 1. The Balaban J connectivity index is 1.20. The fraction of sp³-hybridized carbons (Fsp3) is 0.583. The monoisotopic (exact) mass is 426 g/mol. The number of H-pyrrole nitrogens is 1. The molecule has 0 bridgehead atoms. The highest BCUT2D eigenvalue weighted by Crippen LogP contribution is 2.39. The average Bonchev–Trinajstić information content (AvgIpc) is 3.37. The van der Waals surface area contributed by atoms with Crippen LogP contribution in [-0.4, -0.2) is 53.4 Å². The fourth-order valence-electron chi connectivity index (χ4n) is 5.81. The first-order valence-corrected chi connectivity index (χ1v) is 11.5. The second-order valence-corrected chi connectivity index (χ2v) is 9.82. The molecule has 1 aromatic heterocycles. The SMILES string of the molecule is Cc1ccc(F)c2cc(C(=O)N[C@@H]3CCC[C@H](N4CCC5(CC4)CNC(=O)C5)C3)[nH]c12. The molecule has 3 aliphatic rings. The van der Waals surface area contributed by atoms with Crippen LogP contribution in [-0.2, 0) is 4.79 Å². The van der Waals surface area contributed by atoms with Crippen LogP contribution < -0.4 is 10.6 Å². The molecule has 1 saturated carbocycles. The van der Waals surface area contributed by atoms with Gasteiger partial charge in [0.25, 0.3) is 5.91 Å². The number of halogens is 1. The Morgan fingerprint density at radius 2 is 2.06 bits per heavy atom. The highest BCUT2D eigenvalue weighted by Gasteiger charge is 2.42. The minimum absolute atomic E-state index is 0.134. The van der Waals surface area contributed by atoms with Crippen LogP contribution in [0.4, 0.5) is 4.39 Å². The Kier molecular flexibility index (Phi) is 5.24. The minimum Gasteiger partial charge on any atom is -0.356 e. The van der Waals surface area contributed by atoms with Gasteiger partial charge < -0.3 is 20.5 Å². The largest absolute Gasteiger partial charge is 0.356 e. The summed E-state index contributed by atoms with van der Waals surface area (Å²) < 4.78 is 14.1. The van der Waals surface area contributed by atoms with Crippen LogP contribution in [0.3, 0.4) is 0 Å². The lowest BCUT2D eigenvalue weighted by Crippen LogP contribution is -2.50. The van der Waals surface area contributed by atoms with E-state index >= 15 is 0 Å². The maximum absolute atomic E-state index is 14.1. The number of likely N-dealkylation sites (tertiary alicyclic amines) is 1. The standard InChI is InChI=1S/C24H31FN4O2/c1-15-5-6-19(25)18-12-20(28-22(15)18)23(31)27-16-3-2-4-17(11-16)29-9-7-24(8-10-29)13-21(30)26-14-24/h5-6,12,16-17,28H,2-4,7-11,13-14H2,1H3,(H,26,30)(H,27,31)/t16-,17+/m1/s1. The average molecular weight is 427 g/mol. The first kappa shape index (κ1) is 20.5. The fourth-order valence-corrected chi connectivity index (χ4v) is 5.81. The van der Waals surface area contributed by atoms with Gasteiger partial charge in [0, 0.05) is 30.4 Å². The zero-order chi connectivity index (χ0) is 21.6. The van der Waals surface area contributed by atoms with Crippen molar-refractivity contribution in [2.45, 2.75) is 64.0 Å². The van der Waals surface area contributed by atoms with E-state index in [-0.39, 0.29) is 29.1 Å². The molecule has 3 N–H and O–H groups in total. The number of rotatable bonds is 3. The van der Waals surface area contributed by atoms with Crippen molar-refractivity contribution in [1.82, 2.24) is 20.5 Å². The van der Waals surface area contributed by atoms with E-state index in [1.807, 2.05) is 6.92 Å². The van der Waals surface area contributed by atoms with E-state index in [0.29, 0.717) is 29.1 Å². The molecule has 2 amide bonds. The van der Waals surface area contributed by atoms with Crippen LogP contribution in [0.15, 0.2) is 18.2 Å². The zero-order valence-electron chi connectivity index (χ0n) is 18.1. The number of hydrogen-bond acceptors (Lipinski definition) is 3. The molecule has 1 spiro atoms. The Hall–Kier alpha value is -2.41. The minimum atomic E-state index is -0.310. The summed E-state index contributed by atoms with van der Waals surface area (Å²) in [5, 5.41) is 6.65. The topological polar surface area (TPSA) is 77.2 Å². The molecule has 7 heteroatoms. The Labute approximate surface area is 181 Å². The van der Waals surface area contributed by atoms with E-state index in [9.17, 15) is 14.0 Å². The van der Waals surface area contributed by atoms with E-state index in [4.69, 9.17) is 0 Å². The van der Waals surface area contributed by atoms with Crippen molar-refractivity contribution in [1.29, 1.82) is 0 Å². The van der Waals surface area contributed by atoms with Crippen molar-refractivity contribution < 1.29 is 14.0 Å². The maximum atomic E-state index is 14.1. The zero-order valence-corrected chi connectivity index (χ0v) is 18.1. The molecular weight excluding hydrogens is 395 g/mol. The molecule has 2 saturated heterocycles. The van der Waals surface area contributed by atoms with Crippen LogP contribution in [0.1, 0.15) is 61.0 Å². The van der Waals surface area contributed by atoms with E-state index < -0.39 is 0 Å². The number of nitrogens with one attached hydrogen (secondary N) is 3. The van der Waals surface area contributed by atoms with Crippen LogP contribution in [0, 0.1) is 18.2 Å².